The number of hydrogen-bond donors (Lipinski definition) is 3. The maximum absolute atomic E-state index is 12.2. The summed E-state index contributed by atoms with van der Waals surface area (Å²) in [7, 11) is 0. The van der Waals surface area contributed by atoms with E-state index in [9.17, 15) is 19.8 Å². The van der Waals surface area contributed by atoms with Crippen molar-refractivity contribution in [3.8, 4) is 0 Å². The first-order valence-corrected chi connectivity index (χ1v) is 7.32. The van der Waals surface area contributed by atoms with Gasteiger partial charge in [-0.3, -0.25) is 14.2 Å². The summed E-state index contributed by atoms with van der Waals surface area (Å²) in [5.41, 5.74) is -1.59. The van der Waals surface area contributed by atoms with E-state index in [1.807, 2.05) is 0 Å². The van der Waals surface area contributed by atoms with Crippen molar-refractivity contribution in [2.75, 3.05) is 19.0 Å². The molecule has 0 aromatic carbocycles. The average molecular weight is 299 g/mol. The van der Waals surface area contributed by atoms with Crippen molar-refractivity contribution in [3.05, 3.63) is 22.1 Å². The summed E-state index contributed by atoms with van der Waals surface area (Å²) in [6.07, 6.45) is 1.60. The third-order valence-electron chi connectivity index (χ3n) is 3.46. The predicted molar refractivity (Wildman–Crippen MR) is 73.9 cm³/mol. The van der Waals surface area contributed by atoms with Gasteiger partial charge in [0.1, 0.15) is 5.56 Å². The molecule has 0 radical (unpaired) electrons. The molecule has 8 heteroatoms. The Balaban J connectivity index is 2.29. The van der Waals surface area contributed by atoms with E-state index in [4.69, 9.17) is 0 Å². The summed E-state index contributed by atoms with van der Waals surface area (Å²) in [5, 5.41) is 21.8. The smallest absolute Gasteiger partial charge is 0.267 e. The standard InChI is InChI=1S/C12H17N3O4S/c1-2-12(6-16,7-17)14-9(18)8-5-13-11-15(10(8)19)3-4-20-11/h5,16-17H,2-4,6-7H2,1H3,(H,14,18). The molecule has 0 spiro atoms. The van der Waals surface area contributed by atoms with Crippen LogP contribution in [0.25, 0.3) is 0 Å². The van der Waals surface area contributed by atoms with E-state index in [0.29, 0.717) is 18.1 Å². The van der Waals surface area contributed by atoms with Gasteiger partial charge >= 0.3 is 0 Å². The minimum Gasteiger partial charge on any atom is -0.394 e. The quantitative estimate of drug-likeness (QED) is 0.616. The van der Waals surface area contributed by atoms with E-state index in [1.165, 1.54) is 22.5 Å². The second kappa shape index (κ2) is 5.94. The van der Waals surface area contributed by atoms with Crippen molar-refractivity contribution in [1.29, 1.82) is 0 Å². The molecule has 1 aromatic rings. The van der Waals surface area contributed by atoms with Crippen LogP contribution in [0.4, 0.5) is 0 Å². The average Bonchev–Trinajstić information content (AvgIpc) is 2.94. The van der Waals surface area contributed by atoms with Crippen LogP contribution in [0.1, 0.15) is 23.7 Å². The van der Waals surface area contributed by atoms with Crippen molar-refractivity contribution < 1.29 is 15.0 Å². The second-order valence-corrected chi connectivity index (χ2v) is 5.73. The Labute approximate surface area is 120 Å². The first-order chi connectivity index (χ1) is 9.56. The van der Waals surface area contributed by atoms with Gasteiger partial charge in [-0.15, -0.1) is 0 Å². The lowest BCUT2D eigenvalue weighted by molar-refractivity contribution is 0.0650. The molecule has 0 saturated carbocycles. The largest absolute Gasteiger partial charge is 0.394 e. The molecule has 2 rings (SSSR count). The zero-order chi connectivity index (χ0) is 14.8. The third kappa shape index (κ3) is 2.58. The molecule has 0 unspecified atom stereocenters. The third-order valence-corrected chi connectivity index (χ3v) is 4.43. The first-order valence-electron chi connectivity index (χ1n) is 6.34. The van der Waals surface area contributed by atoms with Gasteiger partial charge in [0.2, 0.25) is 0 Å². The van der Waals surface area contributed by atoms with Crippen LogP contribution in [-0.4, -0.2) is 50.2 Å². The summed E-state index contributed by atoms with van der Waals surface area (Å²) in [6, 6.07) is 0. The van der Waals surface area contributed by atoms with E-state index in [-0.39, 0.29) is 5.56 Å². The fourth-order valence-corrected chi connectivity index (χ4v) is 2.84. The lowest BCUT2D eigenvalue weighted by Crippen LogP contribution is -2.54. The van der Waals surface area contributed by atoms with Crippen LogP contribution in [0.15, 0.2) is 16.1 Å². The number of aromatic nitrogens is 2. The molecule has 0 atom stereocenters. The highest BCUT2D eigenvalue weighted by atomic mass is 32.2. The Hall–Kier alpha value is -1.38. The summed E-state index contributed by atoms with van der Waals surface area (Å²) < 4.78 is 1.46. The Morgan fingerprint density at radius 3 is 2.85 bits per heavy atom. The number of nitrogens with one attached hydrogen (secondary N) is 1. The van der Waals surface area contributed by atoms with E-state index < -0.39 is 30.2 Å². The van der Waals surface area contributed by atoms with Crippen LogP contribution in [-0.2, 0) is 6.54 Å². The molecule has 7 nitrogen and oxygen atoms in total. The molecule has 0 aliphatic carbocycles. The van der Waals surface area contributed by atoms with Crippen molar-refractivity contribution in [2.45, 2.75) is 30.6 Å². The van der Waals surface area contributed by atoms with Gasteiger partial charge in [-0.25, -0.2) is 4.98 Å². The van der Waals surface area contributed by atoms with Gasteiger partial charge in [0.15, 0.2) is 5.16 Å². The Kier molecular flexibility index (Phi) is 4.46. The molecule has 1 aromatic heterocycles. The van der Waals surface area contributed by atoms with Gasteiger partial charge in [-0.05, 0) is 6.42 Å². The summed E-state index contributed by atoms with van der Waals surface area (Å²) in [5.74, 6) is 0.138. The van der Waals surface area contributed by atoms with Gasteiger partial charge in [-0.2, -0.15) is 0 Å². The number of nitrogens with zero attached hydrogens (tertiary/aromatic N) is 2. The lowest BCUT2D eigenvalue weighted by Gasteiger charge is -2.29. The van der Waals surface area contributed by atoms with E-state index in [0.717, 1.165) is 5.75 Å². The highest BCUT2D eigenvalue weighted by Gasteiger charge is 2.30. The number of rotatable bonds is 5. The molecule has 2 heterocycles. The normalized spacial score (nSPS) is 14.2. The summed E-state index contributed by atoms with van der Waals surface area (Å²) >= 11 is 1.47. The van der Waals surface area contributed by atoms with Crippen molar-refractivity contribution >= 4 is 17.7 Å². The van der Waals surface area contributed by atoms with Crippen molar-refractivity contribution in [3.63, 3.8) is 0 Å². The number of thioether (sulfide) groups is 1. The molecule has 1 aliphatic heterocycles. The number of aliphatic hydroxyl groups is 2. The molecular weight excluding hydrogens is 282 g/mol. The number of hydrogen-bond acceptors (Lipinski definition) is 6. The molecule has 0 bridgehead atoms. The minimum absolute atomic E-state index is 0.0732. The summed E-state index contributed by atoms with van der Waals surface area (Å²) in [6.45, 7) is 1.46. The van der Waals surface area contributed by atoms with Crippen molar-refractivity contribution in [1.82, 2.24) is 14.9 Å². The Morgan fingerprint density at radius 2 is 2.25 bits per heavy atom. The molecule has 110 valence electrons. The monoisotopic (exact) mass is 299 g/mol. The Bertz CT molecular complexity index is 560. The van der Waals surface area contributed by atoms with E-state index in [1.54, 1.807) is 6.92 Å². The Morgan fingerprint density at radius 1 is 1.55 bits per heavy atom. The highest BCUT2D eigenvalue weighted by molar-refractivity contribution is 7.99. The van der Waals surface area contributed by atoms with Gasteiger partial charge in [0, 0.05) is 18.5 Å². The number of carbonyl (C=O) groups excluding carboxylic acids is 1. The van der Waals surface area contributed by atoms with Crippen LogP contribution in [0, 0.1) is 0 Å². The molecule has 20 heavy (non-hydrogen) atoms. The van der Waals surface area contributed by atoms with Gasteiger partial charge in [0.05, 0.1) is 18.8 Å². The predicted octanol–water partition coefficient (Wildman–Crippen LogP) is -0.788. The van der Waals surface area contributed by atoms with E-state index >= 15 is 0 Å². The zero-order valence-corrected chi connectivity index (χ0v) is 11.9. The molecule has 1 amide bonds. The first kappa shape index (κ1) is 15.0. The van der Waals surface area contributed by atoms with Crippen LogP contribution >= 0.6 is 11.8 Å². The highest BCUT2D eigenvalue weighted by Crippen LogP contribution is 2.20. The second-order valence-electron chi connectivity index (χ2n) is 4.66. The van der Waals surface area contributed by atoms with Gasteiger partial charge < -0.3 is 15.5 Å². The lowest BCUT2D eigenvalue weighted by atomic mass is 9.98. The zero-order valence-electron chi connectivity index (χ0n) is 11.1. The van der Waals surface area contributed by atoms with Crippen molar-refractivity contribution in [2.24, 2.45) is 0 Å². The fraction of sp³-hybridized carbons (Fsp3) is 0.583. The fourth-order valence-electron chi connectivity index (χ4n) is 1.92. The van der Waals surface area contributed by atoms with Crippen LogP contribution in [0.5, 0.6) is 0 Å². The number of carbonyl (C=O) groups is 1. The van der Waals surface area contributed by atoms with Crippen LogP contribution < -0.4 is 10.9 Å². The van der Waals surface area contributed by atoms with Gasteiger partial charge in [0.25, 0.3) is 11.5 Å². The summed E-state index contributed by atoms with van der Waals surface area (Å²) in [4.78, 5) is 28.4. The molecular formula is C12H17N3O4S. The number of aliphatic hydroxyl groups excluding tert-OH is 2. The maximum atomic E-state index is 12.2. The maximum Gasteiger partial charge on any atom is 0.267 e. The number of fused-ring (bicyclic) bond motifs is 1. The van der Waals surface area contributed by atoms with Crippen LogP contribution in [0.3, 0.4) is 0 Å². The topological polar surface area (TPSA) is 104 Å². The van der Waals surface area contributed by atoms with Crippen LogP contribution in [0.2, 0.25) is 0 Å². The number of amides is 1. The minimum atomic E-state index is -1.12. The van der Waals surface area contributed by atoms with E-state index in [2.05, 4.69) is 10.3 Å². The molecule has 0 saturated heterocycles. The molecule has 3 N–H and O–H groups in total. The molecule has 0 fully saturated rings. The van der Waals surface area contributed by atoms with Gasteiger partial charge in [-0.1, -0.05) is 18.7 Å². The molecule has 1 aliphatic rings. The SMILES string of the molecule is CCC(CO)(CO)NC(=O)c1cnc2n(c1=O)CCS2.